The summed E-state index contributed by atoms with van der Waals surface area (Å²) in [6, 6.07) is 3.41. The van der Waals surface area contributed by atoms with Gasteiger partial charge in [-0.15, -0.1) is 0 Å². The molecule has 1 fully saturated rings. The van der Waals surface area contributed by atoms with Gasteiger partial charge in [-0.1, -0.05) is 17.8 Å². The van der Waals surface area contributed by atoms with Crippen LogP contribution in [0, 0.1) is 10.1 Å². The number of hydrogen-bond donors (Lipinski definition) is 1. The molecule has 0 bridgehead atoms. The van der Waals surface area contributed by atoms with E-state index in [2.05, 4.69) is 11.6 Å². The van der Waals surface area contributed by atoms with Gasteiger partial charge < -0.3 is 5.32 Å². The molecule has 0 atom stereocenters. The lowest BCUT2D eigenvalue weighted by Gasteiger charge is -2.40. The zero-order valence-electron chi connectivity index (χ0n) is 9.77. The number of nitrogens with zero attached hydrogens (tertiary/aromatic N) is 1. The van der Waals surface area contributed by atoms with Gasteiger partial charge in [0.1, 0.15) is 0 Å². The summed E-state index contributed by atoms with van der Waals surface area (Å²) >= 11 is 3.19. The molecule has 0 spiro atoms. The van der Waals surface area contributed by atoms with Crippen LogP contribution in [0.1, 0.15) is 24.1 Å². The average Bonchev–Trinajstić information content (AvgIpc) is 2.71. The van der Waals surface area contributed by atoms with Crippen molar-refractivity contribution in [2.75, 3.05) is 12.8 Å². The standard InChI is InChI=1S/C11H16N2O2S2/c1-16-11(5-2-6-11)8-12-7-9-3-4-10(17-9)13(14)15/h3-4,12H,2,5-8H2,1H3. The van der Waals surface area contributed by atoms with E-state index in [1.807, 2.05) is 17.8 Å². The molecule has 1 aliphatic rings. The lowest BCUT2D eigenvalue weighted by molar-refractivity contribution is -0.380. The van der Waals surface area contributed by atoms with Crippen molar-refractivity contribution in [2.24, 2.45) is 0 Å². The summed E-state index contributed by atoms with van der Waals surface area (Å²) in [7, 11) is 0. The molecule has 0 aliphatic heterocycles. The SMILES string of the molecule is CSC1(CNCc2ccc([N+](=O)[O-])s2)CCC1. The molecular weight excluding hydrogens is 256 g/mol. The number of hydrogen-bond acceptors (Lipinski definition) is 5. The van der Waals surface area contributed by atoms with E-state index in [1.54, 1.807) is 6.07 Å². The topological polar surface area (TPSA) is 55.2 Å². The van der Waals surface area contributed by atoms with Gasteiger partial charge in [0.2, 0.25) is 0 Å². The largest absolute Gasteiger partial charge is 0.324 e. The minimum absolute atomic E-state index is 0.227. The van der Waals surface area contributed by atoms with E-state index in [1.165, 1.54) is 30.6 Å². The third kappa shape index (κ3) is 3.00. The van der Waals surface area contributed by atoms with Crippen molar-refractivity contribution in [3.8, 4) is 0 Å². The van der Waals surface area contributed by atoms with Crippen LogP contribution in [0.15, 0.2) is 12.1 Å². The summed E-state index contributed by atoms with van der Waals surface area (Å²) in [5.41, 5.74) is 0. The van der Waals surface area contributed by atoms with Crippen LogP contribution in [0.4, 0.5) is 5.00 Å². The Kier molecular flexibility index (Phi) is 4.06. The summed E-state index contributed by atoms with van der Waals surface area (Å²) in [4.78, 5) is 11.2. The van der Waals surface area contributed by atoms with Gasteiger partial charge in [-0.2, -0.15) is 11.8 Å². The molecule has 1 heterocycles. The average molecular weight is 272 g/mol. The highest BCUT2D eigenvalue weighted by Gasteiger charge is 2.35. The molecule has 0 radical (unpaired) electrons. The molecule has 0 saturated heterocycles. The minimum atomic E-state index is -0.330. The molecular formula is C11H16N2O2S2. The Morgan fingerprint density at radius 1 is 1.59 bits per heavy atom. The minimum Gasteiger partial charge on any atom is -0.310 e. The summed E-state index contributed by atoms with van der Waals surface area (Å²) in [6.07, 6.45) is 6.06. The van der Waals surface area contributed by atoms with Crippen molar-refractivity contribution in [3.63, 3.8) is 0 Å². The van der Waals surface area contributed by atoms with Gasteiger partial charge in [-0.25, -0.2) is 0 Å². The first-order valence-corrected chi connectivity index (χ1v) is 7.68. The van der Waals surface area contributed by atoms with Gasteiger partial charge in [0.15, 0.2) is 0 Å². The Bertz CT molecular complexity index is 396. The number of thiophene rings is 1. The van der Waals surface area contributed by atoms with Crippen LogP contribution in [0.5, 0.6) is 0 Å². The number of thioether (sulfide) groups is 1. The molecule has 1 aliphatic carbocycles. The van der Waals surface area contributed by atoms with Gasteiger partial charge in [0.05, 0.1) is 4.92 Å². The predicted octanol–water partition coefficient (Wildman–Crippen LogP) is 3.03. The molecule has 6 heteroatoms. The van der Waals surface area contributed by atoms with Crippen molar-refractivity contribution in [1.29, 1.82) is 0 Å². The van der Waals surface area contributed by atoms with Crippen molar-refractivity contribution < 1.29 is 4.92 Å². The number of rotatable bonds is 6. The highest BCUT2D eigenvalue weighted by Crippen LogP contribution is 2.42. The Morgan fingerprint density at radius 2 is 2.35 bits per heavy atom. The number of nitrogens with one attached hydrogen (secondary N) is 1. The molecule has 1 aromatic heterocycles. The molecule has 2 rings (SSSR count). The highest BCUT2D eigenvalue weighted by molar-refractivity contribution is 8.00. The number of nitro groups is 1. The smallest absolute Gasteiger partial charge is 0.310 e. The summed E-state index contributed by atoms with van der Waals surface area (Å²) < 4.78 is 0.420. The van der Waals surface area contributed by atoms with Gasteiger partial charge in [0, 0.05) is 28.8 Å². The van der Waals surface area contributed by atoms with Gasteiger partial charge >= 0.3 is 5.00 Å². The van der Waals surface area contributed by atoms with Crippen molar-refractivity contribution in [3.05, 3.63) is 27.1 Å². The van der Waals surface area contributed by atoms with Crippen LogP contribution in [0.3, 0.4) is 0 Å². The van der Waals surface area contributed by atoms with E-state index in [-0.39, 0.29) is 9.92 Å². The first-order chi connectivity index (χ1) is 8.15. The molecule has 1 saturated carbocycles. The molecule has 0 amide bonds. The van der Waals surface area contributed by atoms with Crippen LogP contribution in [-0.4, -0.2) is 22.5 Å². The molecule has 1 aromatic rings. The quantitative estimate of drug-likeness (QED) is 0.639. The second kappa shape index (κ2) is 5.37. The first kappa shape index (κ1) is 12.9. The second-order valence-electron chi connectivity index (χ2n) is 4.34. The maximum atomic E-state index is 10.5. The molecule has 17 heavy (non-hydrogen) atoms. The van der Waals surface area contributed by atoms with Crippen LogP contribution in [0.25, 0.3) is 0 Å². The van der Waals surface area contributed by atoms with Gasteiger partial charge in [-0.3, -0.25) is 10.1 Å². The fraction of sp³-hybridized carbons (Fsp3) is 0.636. The normalized spacial score (nSPS) is 17.7. The van der Waals surface area contributed by atoms with Crippen LogP contribution >= 0.6 is 23.1 Å². The van der Waals surface area contributed by atoms with Gasteiger partial charge in [0.25, 0.3) is 0 Å². The molecule has 1 N–H and O–H groups in total. The van der Waals surface area contributed by atoms with E-state index in [4.69, 9.17) is 0 Å². The van der Waals surface area contributed by atoms with E-state index >= 15 is 0 Å². The molecule has 94 valence electrons. The third-order valence-corrected chi connectivity index (χ3v) is 5.73. The predicted molar refractivity (Wildman–Crippen MR) is 72.8 cm³/mol. The Labute approximate surface area is 109 Å². The molecule has 4 nitrogen and oxygen atoms in total. The Hall–Kier alpha value is -0.590. The lowest BCUT2D eigenvalue weighted by atomic mass is 9.84. The summed E-state index contributed by atoms with van der Waals surface area (Å²) in [5, 5.41) is 14.2. The zero-order chi connectivity index (χ0) is 12.3. The van der Waals surface area contributed by atoms with E-state index in [0.717, 1.165) is 18.0 Å². The van der Waals surface area contributed by atoms with E-state index in [0.29, 0.717) is 4.75 Å². The Morgan fingerprint density at radius 3 is 2.82 bits per heavy atom. The van der Waals surface area contributed by atoms with Crippen LogP contribution in [0.2, 0.25) is 0 Å². The van der Waals surface area contributed by atoms with Crippen molar-refractivity contribution in [2.45, 2.75) is 30.6 Å². The fourth-order valence-corrected chi connectivity index (χ4v) is 3.73. The highest BCUT2D eigenvalue weighted by atomic mass is 32.2. The van der Waals surface area contributed by atoms with E-state index < -0.39 is 0 Å². The van der Waals surface area contributed by atoms with Gasteiger partial charge in [-0.05, 0) is 25.2 Å². The summed E-state index contributed by atoms with van der Waals surface area (Å²) in [6.45, 7) is 1.74. The van der Waals surface area contributed by atoms with Crippen LogP contribution in [-0.2, 0) is 6.54 Å². The maximum Gasteiger partial charge on any atom is 0.324 e. The monoisotopic (exact) mass is 272 g/mol. The maximum absolute atomic E-state index is 10.5. The molecule has 0 aromatic carbocycles. The first-order valence-electron chi connectivity index (χ1n) is 5.64. The van der Waals surface area contributed by atoms with E-state index in [9.17, 15) is 10.1 Å². The van der Waals surface area contributed by atoms with Crippen molar-refractivity contribution >= 4 is 28.1 Å². The third-order valence-electron chi connectivity index (χ3n) is 3.27. The lowest BCUT2D eigenvalue weighted by Crippen LogP contribution is -2.43. The Balaban J connectivity index is 1.79. The zero-order valence-corrected chi connectivity index (χ0v) is 11.4. The fourth-order valence-electron chi connectivity index (χ4n) is 2.00. The van der Waals surface area contributed by atoms with Crippen molar-refractivity contribution in [1.82, 2.24) is 5.32 Å². The summed E-state index contributed by atoms with van der Waals surface area (Å²) in [5.74, 6) is 0. The second-order valence-corrected chi connectivity index (χ2v) is 6.76. The molecule has 0 unspecified atom stereocenters. The van der Waals surface area contributed by atoms with Crippen LogP contribution < -0.4 is 5.32 Å².